The first-order valence-electron chi connectivity index (χ1n) is 12.4. The summed E-state index contributed by atoms with van der Waals surface area (Å²) in [6.45, 7) is 7.51. The number of carbonyl (C=O) groups is 1. The normalized spacial score (nSPS) is 22.1. The van der Waals surface area contributed by atoms with Crippen LogP contribution in [0.15, 0.2) is 36.9 Å². The molecule has 1 aromatic carbocycles. The van der Waals surface area contributed by atoms with E-state index in [1.54, 1.807) is 4.57 Å². The number of anilines is 1. The summed E-state index contributed by atoms with van der Waals surface area (Å²) in [6, 6.07) is 8.33. The molecule has 0 aliphatic carbocycles. The van der Waals surface area contributed by atoms with Gasteiger partial charge in [-0.25, -0.2) is 15.0 Å². The molecule has 0 amide bonds. The molecule has 2 aromatic heterocycles. The van der Waals surface area contributed by atoms with Crippen LogP contribution in [0.2, 0.25) is 0 Å². The molecule has 3 aromatic rings. The average molecular weight is 513 g/mol. The van der Waals surface area contributed by atoms with Crippen molar-refractivity contribution in [3.8, 4) is 0 Å². The van der Waals surface area contributed by atoms with Crippen molar-refractivity contribution in [2.45, 2.75) is 63.6 Å². The molecule has 200 valence electrons. The molecule has 1 aliphatic rings. The summed E-state index contributed by atoms with van der Waals surface area (Å²) >= 11 is 0. The van der Waals surface area contributed by atoms with E-state index in [1.807, 2.05) is 11.9 Å². The van der Waals surface area contributed by atoms with Crippen LogP contribution in [0.1, 0.15) is 44.5 Å². The lowest BCUT2D eigenvalue weighted by Crippen LogP contribution is -2.39. The molecular formula is C26H36N6O5. The minimum atomic E-state index is -1.18. The summed E-state index contributed by atoms with van der Waals surface area (Å²) in [7, 11) is 1.83. The van der Waals surface area contributed by atoms with E-state index >= 15 is 0 Å². The van der Waals surface area contributed by atoms with E-state index < -0.39 is 24.5 Å². The summed E-state index contributed by atoms with van der Waals surface area (Å²) in [6.07, 6.45) is -0.122. The lowest BCUT2D eigenvalue weighted by molar-refractivity contribution is -0.144. The highest BCUT2D eigenvalue weighted by Crippen LogP contribution is 2.32. The van der Waals surface area contributed by atoms with Crippen LogP contribution < -0.4 is 5.73 Å². The molecule has 4 N–H and O–H groups in total. The van der Waals surface area contributed by atoms with Gasteiger partial charge in [-0.05, 0) is 30.0 Å². The highest BCUT2D eigenvalue weighted by atomic mass is 16.6. The summed E-state index contributed by atoms with van der Waals surface area (Å²) in [5, 5.41) is 21.2. The third kappa shape index (κ3) is 6.24. The van der Waals surface area contributed by atoms with Crippen LogP contribution in [0.3, 0.4) is 0 Å². The Kier molecular flexibility index (Phi) is 8.08. The number of hydrogen-bond acceptors (Lipinski definition) is 10. The van der Waals surface area contributed by atoms with E-state index in [2.05, 4.69) is 60.0 Å². The van der Waals surface area contributed by atoms with Gasteiger partial charge in [-0.1, -0.05) is 45.0 Å². The van der Waals surface area contributed by atoms with Gasteiger partial charge in [0, 0.05) is 19.5 Å². The largest absolute Gasteiger partial charge is 0.464 e. The number of aliphatic hydroxyl groups excluding tert-OH is 2. The van der Waals surface area contributed by atoms with Crippen LogP contribution in [0.4, 0.5) is 5.82 Å². The third-order valence-corrected chi connectivity index (χ3v) is 6.66. The van der Waals surface area contributed by atoms with Crippen molar-refractivity contribution in [3.05, 3.63) is 48.0 Å². The van der Waals surface area contributed by atoms with E-state index in [9.17, 15) is 15.0 Å². The fourth-order valence-electron chi connectivity index (χ4n) is 4.37. The quantitative estimate of drug-likeness (QED) is 0.360. The number of nitrogens with zero attached hydrogens (tertiary/aromatic N) is 5. The van der Waals surface area contributed by atoms with Crippen molar-refractivity contribution in [2.24, 2.45) is 0 Å². The van der Waals surface area contributed by atoms with Crippen LogP contribution in [0.5, 0.6) is 0 Å². The molecule has 1 fully saturated rings. The number of rotatable bonds is 9. The fourth-order valence-corrected chi connectivity index (χ4v) is 4.37. The number of imidazole rings is 1. The number of fused-ring (bicyclic) bond motifs is 1. The second-order valence-corrected chi connectivity index (χ2v) is 10.6. The Labute approximate surface area is 216 Å². The lowest BCUT2D eigenvalue weighted by atomic mass is 9.86. The lowest BCUT2D eigenvalue weighted by Gasteiger charge is -2.22. The van der Waals surface area contributed by atoms with E-state index in [0.717, 1.165) is 5.56 Å². The maximum atomic E-state index is 12.2. The van der Waals surface area contributed by atoms with Crippen LogP contribution in [-0.2, 0) is 26.1 Å². The number of nitrogen functional groups attached to an aromatic ring is 1. The monoisotopic (exact) mass is 512 g/mol. The van der Waals surface area contributed by atoms with Crippen LogP contribution in [-0.4, -0.2) is 85.7 Å². The standard InChI is InChI=1S/C26H36N6O5/c1-26(2,3)17-8-5-16(6-9-17)7-10-19(33)36-12-11-31(4)13-18-21(34)22(35)25(37-18)32-15-30-20-23(27)28-14-29-24(20)32/h5-6,8-9,14-15,18,21-22,25,34-35H,7,10-13H2,1-4H3,(H2,27,28,29)/t18-,21-,22-,25-/m1/s1. The van der Waals surface area contributed by atoms with Crippen molar-refractivity contribution in [3.63, 3.8) is 0 Å². The number of likely N-dealkylation sites (N-methyl/N-ethyl adjacent to an activating group) is 1. The molecule has 11 heteroatoms. The van der Waals surface area contributed by atoms with Crippen LogP contribution >= 0.6 is 0 Å². The SMILES string of the molecule is CN(CCOC(=O)CCc1ccc(C(C)(C)C)cc1)C[C@H]1O[C@@H](n2cnc3c(N)ncnc32)[C@H](O)[C@@H]1O. The average Bonchev–Trinajstić information content (AvgIpc) is 3.40. The summed E-state index contributed by atoms with van der Waals surface area (Å²) in [5.74, 6) is -0.0322. The fraction of sp³-hybridized carbons (Fsp3) is 0.538. The molecule has 3 heterocycles. The van der Waals surface area contributed by atoms with Crippen molar-refractivity contribution < 1.29 is 24.5 Å². The molecule has 0 saturated carbocycles. The Balaban J connectivity index is 1.22. The summed E-state index contributed by atoms with van der Waals surface area (Å²) < 4.78 is 12.9. The zero-order valence-electron chi connectivity index (χ0n) is 21.7. The Morgan fingerprint density at radius 3 is 2.59 bits per heavy atom. The Bertz CT molecular complexity index is 1210. The Morgan fingerprint density at radius 2 is 1.89 bits per heavy atom. The van der Waals surface area contributed by atoms with Gasteiger partial charge in [-0.3, -0.25) is 9.36 Å². The molecule has 0 bridgehead atoms. The van der Waals surface area contributed by atoms with Gasteiger partial charge in [0.05, 0.1) is 6.33 Å². The molecular weight excluding hydrogens is 476 g/mol. The molecule has 4 rings (SSSR count). The second kappa shape index (κ2) is 11.1. The first-order chi connectivity index (χ1) is 17.5. The van der Waals surface area contributed by atoms with E-state index in [4.69, 9.17) is 15.2 Å². The first kappa shape index (κ1) is 26.9. The van der Waals surface area contributed by atoms with Crippen molar-refractivity contribution >= 4 is 23.0 Å². The van der Waals surface area contributed by atoms with Crippen LogP contribution in [0.25, 0.3) is 11.2 Å². The molecule has 1 aliphatic heterocycles. The molecule has 0 radical (unpaired) electrons. The Hall–Kier alpha value is -3.12. The van der Waals surface area contributed by atoms with Gasteiger partial charge in [0.25, 0.3) is 0 Å². The first-order valence-corrected chi connectivity index (χ1v) is 12.4. The smallest absolute Gasteiger partial charge is 0.306 e. The predicted octanol–water partition coefficient (Wildman–Crippen LogP) is 1.43. The summed E-state index contributed by atoms with van der Waals surface area (Å²) in [5.41, 5.74) is 9.10. The number of aryl methyl sites for hydroxylation is 1. The zero-order chi connectivity index (χ0) is 26.7. The molecule has 0 unspecified atom stereocenters. The Morgan fingerprint density at radius 1 is 1.16 bits per heavy atom. The number of aromatic nitrogens is 4. The highest BCUT2D eigenvalue weighted by molar-refractivity contribution is 5.81. The minimum absolute atomic E-state index is 0.0966. The number of esters is 1. The number of benzene rings is 1. The van der Waals surface area contributed by atoms with Gasteiger partial charge < -0.3 is 30.3 Å². The second-order valence-electron chi connectivity index (χ2n) is 10.6. The number of carbonyl (C=O) groups excluding carboxylic acids is 1. The predicted molar refractivity (Wildman–Crippen MR) is 138 cm³/mol. The van der Waals surface area contributed by atoms with E-state index in [0.29, 0.717) is 37.1 Å². The van der Waals surface area contributed by atoms with Crippen molar-refractivity contribution in [1.29, 1.82) is 0 Å². The third-order valence-electron chi connectivity index (χ3n) is 6.66. The van der Waals surface area contributed by atoms with E-state index in [-0.39, 0.29) is 23.8 Å². The molecule has 11 nitrogen and oxygen atoms in total. The minimum Gasteiger partial charge on any atom is -0.464 e. The molecule has 1 saturated heterocycles. The highest BCUT2D eigenvalue weighted by Gasteiger charge is 2.44. The maximum absolute atomic E-state index is 12.2. The molecule has 37 heavy (non-hydrogen) atoms. The van der Waals surface area contributed by atoms with Gasteiger partial charge in [-0.2, -0.15) is 0 Å². The molecule has 4 atom stereocenters. The topological polar surface area (TPSA) is 149 Å². The number of ether oxygens (including phenoxy) is 2. The van der Waals surface area contributed by atoms with Crippen molar-refractivity contribution in [1.82, 2.24) is 24.4 Å². The number of aliphatic hydroxyl groups is 2. The van der Waals surface area contributed by atoms with Gasteiger partial charge in [-0.15, -0.1) is 0 Å². The number of nitrogens with two attached hydrogens (primary N) is 1. The zero-order valence-corrected chi connectivity index (χ0v) is 21.7. The van der Waals surface area contributed by atoms with Gasteiger partial charge in [0.15, 0.2) is 17.7 Å². The number of hydrogen-bond donors (Lipinski definition) is 3. The maximum Gasteiger partial charge on any atom is 0.306 e. The van der Waals surface area contributed by atoms with Gasteiger partial charge in [0.1, 0.15) is 36.8 Å². The van der Waals surface area contributed by atoms with Crippen LogP contribution in [0, 0.1) is 0 Å². The van der Waals surface area contributed by atoms with E-state index in [1.165, 1.54) is 18.2 Å². The van der Waals surface area contributed by atoms with Gasteiger partial charge >= 0.3 is 5.97 Å². The van der Waals surface area contributed by atoms with Gasteiger partial charge in [0.2, 0.25) is 0 Å². The summed E-state index contributed by atoms with van der Waals surface area (Å²) in [4.78, 5) is 26.4. The molecule has 0 spiro atoms. The van der Waals surface area contributed by atoms with Crippen molar-refractivity contribution in [2.75, 3.05) is 32.5 Å².